The molecule has 22 heavy (non-hydrogen) atoms. The van der Waals surface area contributed by atoms with E-state index in [4.69, 9.17) is 0 Å². The molecule has 1 amide bonds. The van der Waals surface area contributed by atoms with Crippen LogP contribution in [0.25, 0.3) is 0 Å². The number of rotatable bonds is 3. The number of para-hydroxylation sites is 1. The molecule has 1 aromatic heterocycles. The summed E-state index contributed by atoms with van der Waals surface area (Å²) in [6.45, 7) is 0. The summed E-state index contributed by atoms with van der Waals surface area (Å²) in [5.74, 6) is -1.55. The Kier molecular flexibility index (Phi) is 3.87. The van der Waals surface area contributed by atoms with E-state index in [2.05, 4.69) is 4.98 Å². The van der Waals surface area contributed by atoms with Crippen molar-refractivity contribution in [3.8, 4) is 0 Å². The molecular formula is C17H16N2O3. The Morgan fingerprint density at radius 2 is 1.82 bits per heavy atom. The molecule has 2 atom stereocenters. The van der Waals surface area contributed by atoms with E-state index in [0.29, 0.717) is 6.42 Å². The van der Waals surface area contributed by atoms with Crippen molar-refractivity contribution < 1.29 is 14.7 Å². The number of anilines is 1. The third-order valence-electron chi connectivity index (χ3n) is 4.00. The summed E-state index contributed by atoms with van der Waals surface area (Å²) < 4.78 is 0. The van der Waals surface area contributed by atoms with Gasteiger partial charge in [0.25, 0.3) is 0 Å². The fourth-order valence-electron chi connectivity index (χ4n) is 2.99. The lowest BCUT2D eigenvalue weighted by Gasteiger charge is -2.39. The number of carboxylic acids is 1. The molecule has 0 saturated carbocycles. The van der Waals surface area contributed by atoms with Gasteiger partial charge in [0.1, 0.15) is 0 Å². The molecule has 1 fully saturated rings. The Bertz CT molecular complexity index is 673. The summed E-state index contributed by atoms with van der Waals surface area (Å²) in [5.41, 5.74) is 1.51. The van der Waals surface area contributed by atoms with Gasteiger partial charge >= 0.3 is 5.97 Å². The molecule has 1 aliphatic heterocycles. The van der Waals surface area contributed by atoms with Crippen LogP contribution >= 0.6 is 0 Å². The van der Waals surface area contributed by atoms with Crippen LogP contribution in [0.3, 0.4) is 0 Å². The van der Waals surface area contributed by atoms with Crippen LogP contribution in [-0.2, 0) is 9.59 Å². The van der Waals surface area contributed by atoms with Crippen molar-refractivity contribution in [1.82, 2.24) is 4.98 Å². The van der Waals surface area contributed by atoms with Gasteiger partial charge in [-0.15, -0.1) is 0 Å². The van der Waals surface area contributed by atoms with Gasteiger partial charge in [-0.05, 0) is 36.2 Å². The highest BCUT2D eigenvalue weighted by molar-refractivity contribution is 5.96. The lowest BCUT2D eigenvalue weighted by atomic mass is 9.84. The van der Waals surface area contributed by atoms with E-state index in [0.717, 1.165) is 11.3 Å². The number of carbonyl (C=O) groups is 2. The second kappa shape index (κ2) is 5.97. The van der Waals surface area contributed by atoms with Crippen LogP contribution in [0, 0.1) is 5.92 Å². The average Bonchev–Trinajstić information content (AvgIpc) is 2.56. The predicted molar refractivity (Wildman–Crippen MR) is 81.3 cm³/mol. The summed E-state index contributed by atoms with van der Waals surface area (Å²) >= 11 is 0. The predicted octanol–water partition coefficient (Wildman–Crippen LogP) is 2.65. The van der Waals surface area contributed by atoms with Crippen molar-refractivity contribution in [3.63, 3.8) is 0 Å². The molecule has 112 valence electrons. The minimum atomic E-state index is -0.879. The second-order valence-electron chi connectivity index (χ2n) is 5.31. The van der Waals surface area contributed by atoms with Gasteiger partial charge in [-0.3, -0.25) is 14.6 Å². The number of carbonyl (C=O) groups excluding carboxylic acids is 1. The Morgan fingerprint density at radius 3 is 2.45 bits per heavy atom. The first kappa shape index (κ1) is 14.3. The van der Waals surface area contributed by atoms with Crippen molar-refractivity contribution in [1.29, 1.82) is 0 Å². The molecule has 1 saturated heterocycles. The van der Waals surface area contributed by atoms with E-state index in [9.17, 15) is 14.7 Å². The molecular weight excluding hydrogens is 280 g/mol. The van der Waals surface area contributed by atoms with Crippen LogP contribution in [0.5, 0.6) is 0 Å². The van der Waals surface area contributed by atoms with Crippen molar-refractivity contribution in [2.45, 2.75) is 18.9 Å². The van der Waals surface area contributed by atoms with Crippen LogP contribution in [0.15, 0.2) is 54.9 Å². The minimum Gasteiger partial charge on any atom is -0.481 e. The van der Waals surface area contributed by atoms with Gasteiger partial charge in [0.15, 0.2) is 0 Å². The summed E-state index contributed by atoms with van der Waals surface area (Å²) in [6.07, 6.45) is 3.84. The zero-order valence-electron chi connectivity index (χ0n) is 11.9. The first-order chi connectivity index (χ1) is 10.7. The fraction of sp³-hybridized carbons (Fsp3) is 0.235. The molecule has 1 aromatic carbocycles. The van der Waals surface area contributed by atoms with Gasteiger partial charge in [-0.2, -0.15) is 0 Å². The molecule has 0 radical (unpaired) electrons. The number of hydrogen-bond donors (Lipinski definition) is 1. The van der Waals surface area contributed by atoms with Gasteiger partial charge in [0.05, 0.1) is 12.0 Å². The zero-order chi connectivity index (χ0) is 15.5. The largest absolute Gasteiger partial charge is 0.481 e. The van der Waals surface area contributed by atoms with Crippen LogP contribution < -0.4 is 4.90 Å². The summed E-state index contributed by atoms with van der Waals surface area (Å²) in [6, 6.07) is 12.3. The Balaban J connectivity index is 2.10. The van der Waals surface area contributed by atoms with Crippen LogP contribution in [0.1, 0.15) is 24.4 Å². The molecule has 5 heteroatoms. The van der Waals surface area contributed by atoms with Crippen molar-refractivity contribution >= 4 is 17.6 Å². The third kappa shape index (κ3) is 2.57. The highest BCUT2D eigenvalue weighted by Gasteiger charge is 2.41. The maximum atomic E-state index is 12.5. The Labute approximate surface area is 128 Å². The van der Waals surface area contributed by atoms with Crippen molar-refractivity contribution in [2.75, 3.05) is 4.90 Å². The number of aliphatic carboxylic acids is 1. The fourth-order valence-corrected chi connectivity index (χ4v) is 2.99. The molecule has 5 nitrogen and oxygen atoms in total. The molecule has 1 aliphatic rings. The summed E-state index contributed by atoms with van der Waals surface area (Å²) in [5, 5.41) is 9.57. The van der Waals surface area contributed by atoms with Gasteiger partial charge in [0.2, 0.25) is 5.91 Å². The maximum Gasteiger partial charge on any atom is 0.308 e. The molecule has 1 N–H and O–H groups in total. The molecule has 0 spiro atoms. The standard InChI is InChI=1S/C17H16N2O3/c20-15-7-6-14(17(21)22)16(12-8-10-18-11-9-12)19(15)13-4-2-1-3-5-13/h1-5,8-11,14,16H,6-7H2,(H,21,22). The number of carboxylic acid groups (broad SMARTS) is 1. The van der Waals surface area contributed by atoms with Gasteiger partial charge < -0.3 is 10.0 Å². The van der Waals surface area contributed by atoms with E-state index < -0.39 is 17.9 Å². The zero-order valence-corrected chi connectivity index (χ0v) is 11.9. The monoisotopic (exact) mass is 296 g/mol. The van der Waals surface area contributed by atoms with Gasteiger partial charge in [-0.1, -0.05) is 18.2 Å². The minimum absolute atomic E-state index is 0.0505. The van der Waals surface area contributed by atoms with Crippen LogP contribution in [0.2, 0.25) is 0 Å². The number of amides is 1. The molecule has 2 heterocycles. The quantitative estimate of drug-likeness (QED) is 0.945. The highest BCUT2D eigenvalue weighted by atomic mass is 16.4. The van der Waals surface area contributed by atoms with Crippen molar-refractivity contribution in [2.24, 2.45) is 5.92 Å². The Morgan fingerprint density at radius 1 is 1.14 bits per heavy atom. The van der Waals surface area contributed by atoms with E-state index >= 15 is 0 Å². The lowest BCUT2D eigenvalue weighted by Crippen LogP contribution is -2.45. The summed E-state index contributed by atoms with van der Waals surface area (Å²) in [4.78, 5) is 29.7. The first-order valence-corrected chi connectivity index (χ1v) is 7.18. The third-order valence-corrected chi connectivity index (χ3v) is 4.00. The molecule has 0 aliphatic carbocycles. The van der Waals surface area contributed by atoms with Gasteiger partial charge in [0, 0.05) is 24.5 Å². The average molecular weight is 296 g/mol. The van der Waals surface area contributed by atoms with E-state index in [1.807, 2.05) is 30.3 Å². The van der Waals surface area contributed by atoms with E-state index in [-0.39, 0.29) is 12.3 Å². The second-order valence-corrected chi connectivity index (χ2v) is 5.31. The number of aromatic nitrogens is 1. The van der Waals surface area contributed by atoms with Crippen LogP contribution in [0.4, 0.5) is 5.69 Å². The molecule has 3 rings (SSSR count). The SMILES string of the molecule is O=C(O)C1CCC(=O)N(c2ccccc2)C1c1ccncc1. The smallest absolute Gasteiger partial charge is 0.308 e. The van der Waals surface area contributed by atoms with E-state index in [1.54, 1.807) is 29.4 Å². The lowest BCUT2D eigenvalue weighted by molar-refractivity contribution is -0.144. The van der Waals surface area contributed by atoms with Crippen molar-refractivity contribution in [3.05, 3.63) is 60.4 Å². The molecule has 0 bridgehead atoms. The Hall–Kier alpha value is -2.69. The molecule has 2 aromatic rings. The number of nitrogens with zero attached hydrogens (tertiary/aromatic N) is 2. The maximum absolute atomic E-state index is 12.5. The number of benzene rings is 1. The number of piperidine rings is 1. The number of hydrogen-bond acceptors (Lipinski definition) is 3. The van der Waals surface area contributed by atoms with Gasteiger partial charge in [-0.25, -0.2) is 0 Å². The first-order valence-electron chi connectivity index (χ1n) is 7.18. The summed E-state index contributed by atoms with van der Waals surface area (Å²) in [7, 11) is 0. The highest BCUT2D eigenvalue weighted by Crippen LogP contribution is 2.39. The topological polar surface area (TPSA) is 70.5 Å². The number of pyridine rings is 1. The van der Waals surface area contributed by atoms with E-state index in [1.165, 1.54) is 0 Å². The molecule has 2 unspecified atom stereocenters. The van der Waals surface area contributed by atoms with Crippen LogP contribution in [-0.4, -0.2) is 22.0 Å². The normalized spacial score (nSPS) is 21.6.